The van der Waals surface area contributed by atoms with Gasteiger partial charge in [-0.3, -0.25) is 39.1 Å². The van der Waals surface area contributed by atoms with Crippen molar-refractivity contribution in [3.63, 3.8) is 0 Å². The van der Waals surface area contributed by atoms with Crippen LogP contribution in [0.15, 0.2) is 68.9 Å². The van der Waals surface area contributed by atoms with Crippen LogP contribution >= 0.6 is 46.2 Å². The first-order chi connectivity index (χ1) is 28.1. The van der Waals surface area contributed by atoms with Crippen molar-refractivity contribution in [3.05, 3.63) is 70.0 Å². The van der Waals surface area contributed by atoms with E-state index in [1.807, 2.05) is 0 Å². The fourth-order valence-corrected chi connectivity index (χ4v) is 9.66. The molecule has 4 atom stereocenters. The number of amides is 5. The Bertz CT molecular complexity index is 2340. The number of nitrogens with one attached hydrogen (secondary N) is 3. The van der Waals surface area contributed by atoms with E-state index in [2.05, 4.69) is 49.4 Å². The summed E-state index contributed by atoms with van der Waals surface area (Å²) in [5, 5.41) is 43.4. The van der Waals surface area contributed by atoms with Crippen molar-refractivity contribution in [3.8, 4) is 0 Å². The second-order valence-corrected chi connectivity index (χ2v) is 15.9. The van der Waals surface area contributed by atoms with E-state index in [1.54, 1.807) is 0 Å². The van der Waals surface area contributed by atoms with Crippen LogP contribution in [0.5, 0.6) is 0 Å². The number of hydrogen-bond acceptors (Lipinski definition) is 19. The average Bonchev–Trinajstić information content (AvgIpc) is 3.85. The molecule has 0 radical (unpaired) electrons. The zero-order chi connectivity index (χ0) is 42.7. The minimum atomic E-state index is -1.42. The first kappa shape index (κ1) is 42.0. The van der Waals surface area contributed by atoms with E-state index in [1.165, 1.54) is 46.4 Å². The Balaban J connectivity index is 1.16. The third-order valence-electron chi connectivity index (χ3n) is 8.33. The molecule has 0 aliphatic carbocycles. The summed E-state index contributed by atoms with van der Waals surface area (Å²) >= 11 is 4.18. The molecule has 2 fully saturated rings. The average molecular weight is 889 g/mol. The number of β-lactam (4-membered cyclic amide) rings is 2. The highest BCUT2D eigenvalue weighted by Crippen LogP contribution is 2.42. The zero-order valence-corrected chi connectivity index (χ0v) is 32.9. The number of hydrogen-bond donors (Lipinski definition) is 7. The van der Waals surface area contributed by atoms with Gasteiger partial charge in [0.2, 0.25) is 13.2 Å². The van der Waals surface area contributed by atoms with E-state index in [9.17, 15) is 43.5 Å². The molecule has 0 saturated carbocycles. The van der Waals surface area contributed by atoms with Crippen molar-refractivity contribution >= 4 is 115 Å². The van der Waals surface area contributed by atoms with Gasteiger partial charge in [0.25, 0.3) is 29.5 Å². The van der Waals surface area contributed by atoms with Gasteiger partial charge < -0.3 is 41.4 Å². The smallest absolute Gasteiger partial charge is 0.352 e. The molecule has 0 aromatic carbocycles. The summed E-state index contributed by atoms with van der Waals surface area (Å²) in [6.45, 7) is 5.50. The van der Waals surface area contributed by atoms with E-state index in [-0.39, 0.29) is 44.6 Å². The van der Waals surface area contributed by atoms with E-state index in [0.717, 1.165) is 32.5 Å². The van der Waals surface area contributed by atoms with Gasteiger partial charge in [0.1, 0.15) is 45.6 Å². The maximum absolute atomic E-state index is 13.8. The molecule has 4 aliphatic rings. The number of carboxylic acid groups (broad SMARTS) is 3. The number of fused-ring (bicyclic) bond motifs is 2. The highest BCUT2D eigenvalue weighted by Gasteiger charge is 2.55. The van der Waals surface area contributed by atoms with Gasteiger partial charge in [-0.2, -0.15) is 0 Å². The predicted octanol–water partition coefficient (Wildman–Crippen LogP) is -0.804. The molecule has 0 bridgehead atoms. The van der Waals surface area contributed by atoms with Crippen LogP contribution in [0.4, 0.5) is 10.3 Å². The Morgan fingerprint density at radius 1 is 0.797 bits per heavy atom. The number of carboxylic acids is 3. The molecule has 308 valence electrons. The fourth-order valence-electron chi connectivity index (χ4n) is 5.74. The topological polar surface area (TPSA) is 335 Å². The van der Waals surface area contributed by atoms with E-state index in [0.29, 0.717) is 11.1 Å². The van der Waals surface area contributed by atoms with Crippen molar-refractivity contribution in [1.82, 2.24) is 30.4 Å². The number of carbonyl (C=O) groups excluding carboxylic acids is 5. The SMILES string of the molecule is C=CC1=C(C(=O)Nc2nc(/C(=N/OCC(=O)O)C(=O)N[C@@H]3C(=O)N4C(C(=O)O)=C(C=C)CS[C@H]34)cs2)N2C(=O)C(NC(=O)/C(=N\OCC(=O)O)c3csc(N)n3)C2SC1. The van der Waals surface area contributed by atoms with Crippen LogP contribution in [-0.4, -0.2) is 142 Å². The zero-order valence-electron chi connectivity index (χ0n) is 29.7. The number of aliphatic carboxylic acids is 3. The molecular formula is C32H28N10O13S4. The van der Waals surface area contributed by atoms with Crippen molar-refractivity contribution < 1.29 is 63.4 Å². The molecule has 2 aromatic rings. The first-order valence-electron chi connectivity index (χ1n) is 16.4. The molecule has 0 spiro atoms. The lowest BCUT2D eigenvalue weighted by Gasteiger charge is -2.49. The Morgan fingerprint density at radius 2 is 1.27 bits per heavy atom. The van der Waals surface area contributed by atoms with Crippen LogP contribution in [0.3, 0.4) is 0 Å². The number of rotatable bonds is 17. The molecule has 23 nitrogen and oxygen atoms in total. The van der Waals surface area contributed by atoms with E-state index in [4.69, 9.17) is 25.6 Å². The number of nitrogen functional groups attached to an aromatic ring is 1. The Kier molecular flexibility index (Phi) is 12.5. The van der Waals surface area contributed by atoms with Crippen LogP contribution < -0.4 is 21.7 Å². The lowest BCUT2D eigenvalue weighted by Crippen LogP contribution is -2.71. The van der Waals surface area contributed by atoms with Gasteiger partial charge in [-0.05, 0) is 11.1 Å². The van der Waals surface area contributed by atoms with E-state index >= 15 is 0 Å². The largest absolute Gasteiger partial charge is 0.479 e. The molecule has 8 N–H and O–H groups in total. The van der Waals surface area contributed by atoms with Crippen molar-refractivity contribution in [2.45, 2.75) is 22.8 Å². The van der Waals surface area contributed by atoms with Gasteiger partial charge in [-0.15, -0.1) is 46.2 Å². The quantitative estimate of drug-likeness (QED) is 0.0580. The van der Waals surface area contributed by atoms with Gasteiger partial charge in [0.05, 0.1) is 0 Å². The Labute approximate surface area is 346 Å². The van der Waals surface area contributed by atoms with Gasteiger partial charge in [0, 0.05) is 22.3 Å². The number of thiazole rings is 2. The number of nitrogens with zero attached hydrogens (tertiary/aromatic N) is 6. The molecule has 4 aliphatic heterocycles. The lowest BCUT2D eigenvalue weighted by atomic mass is 10.0. The third kappa shape index (κ3) is 8.52. The van der Waals surface area contributed by atoms with Crippen LogP contribution in [0.25, 0.3) is 0 Å². The molecular weight excluding hydrogens is 861 g/mol. The normalized spacial score (nSPS) is 21.3. The van der Waals surface area contributed by atoms with Crippen molar-refractivity contribution in [2.24, 2.45) is 10.3 Å². The number of nitrogens with two attached hydrogens (primary N) is 1. The molecule has 2 aromatic heterocycles. The molecule has 2 unspecified atom stereocenters. The number of aromatic nitrogens is 2. The molecule has 5 amide bonds. The summed E-state index contributed by atoms with van der Waals surface area (Å²) in [6.07, 6.45) is 2.70. The summed E-state index contributed by atoms with van der Waals surface area (Å²) < 4.78 is 0. The monoisotopic (exact) mass is 888 g/mol. The van der Waals surface area contributed by atoms with Gasteiger partial charge in [-0.1, -0.05) is 35.6 Å². The number of oxime groups is 2. The number of thioether (sulfide) groups is 2. The lowest BCUT2D eigenvalue weighted by molar-refractivity contribution is -0.150. The standard InChI is InChI=1S/C32H28N10O13S4/c1-3-11-7-56-28-19(36-23(47)17(39-54-5-15(43)44)13-9-58-31(33)34-13)26(50)41(28)21(11)25(49)38-32-35-14(10-59-32)18(40-55-6-16(45)46)24(48)37-20-27(51)42-22(30(52)53)12(4-2)8-57-29(20)42/h3-4,9-10,19-20,28-29H,1-2,5-8H2,(H2,33,34)(H,36,47)(H,37,48)(H,43,44)(H,45,46)(H,52,53)(H,35,38,49)/b39-17-,40-18-/t19?,20-,28?,29-/m1/s1. The maximum Gasteiger partial charge on any atom is 0.352 e. The molecule has 27 heteroatoms. The summed E-state index contributed by atoms with van der Waals surface area (Å²) in [5.74, 6) is -8.00. The van der Waals surface area contributed by atoms with E-state index < -0.39 is 94.9 Å². The van der Waals surface area contributed by atoms with Gasteiger partial charge in [-0.25, -0.2) is 24.4 Å². The van der Waals surface area contributed by atoms with Crippen LogP contribution in [0.1, 0.15) is 11.4 Å². The highest BCUT2D eigenvalue weighted by molar-refractivity contribution is 8.00. The number of carbonyl (C=O) groups is 8. The second kappa shape index (κ2) is 17.5. The fraction of sp³-hybridized carbons (Fsp3) is 0.250. The minimum Gasteiger partial charge on any atom is -0.479 e. The van der Waals surface area contributed by atoms with Gasteiger partial charge >= 0.3 is 17.9 Å². The Hall–Kier alpha value is -6.58. The van der Waals surface area contributed by atoms with Crippen molar-refractivity contribution in [2.75, 3.05) is 35.8 Å². The molecule has 6 heterocycles. The van der Waals surface area contributed by atoms with Crippen LogP contribution in [0.2, 0.25) is 0 Å². The predicted molar refractivity (Wildman–Crippen MR) is 210 cm³/mol. The summed E-state index contributed by atoms with van der Waals surface area (Å²) in [4.78, 5) is 121. The van der Waals surface area contributed by atoms with Gasteiger partial charge in [0.15, 0.2) is 21.7 Å². The number of anilines is 2. The summed E-state index contributed by atoms with van der Waals surface area (Å²) in [6, 6.07) is -2.37. The molecule has 59 heavy (non-hydrogen) atoms. The second-order valence-electron chi connectivity index (χ2n) is 12.0. The first-order valence-corrected chi connectivity index (χ1v) is 20.3. The molecule has 6 rings (SSSR count). The minimum absolute atomic E-state index is 0.0355. The number of allylic oxidation sites excluding steroid dienone is 2. The van der Waals surface area contributed by atoms with Crippen LogP contribution in [0, 0.1) is 0 Å². The molecule has 2 saturated heterocycles. The maximum atomic E-state index is 13.8. The highest BCUT2D eigenvalue weighted by atomic mass is 32.2. The summed E-state index contributed by atoms with van der Waals surface area (Å²) in [7, 11) is 0. The Morgan fingerprint density at radius 3 is 1.73 bits per heavy atom. The van der Waals surface area contributed by atoms with Crippen LogP contribution in [-0.2, 0) is 48.0 Å². The summed E-state index contributed by atoms with van der Waals surface area (Å²) in [5.41, 5.74) is 4.69. The van der Waals surface area contributed by atoms with Crippen molar-refractivity contribution in [1.29, 1.82) is 0 Å². The third-order valence-corrected chi connectivity index (χ3v) is 12.4.